The molecule has 2 N–H and O–H groups in total. The first-order chi connectivity index (χ1) is 11.2. The van der Waals surface area contributed by atoms with Crippen LogP contribution in [0.4, 0.5) is 0 Å². The summed E-state index contributed by atoms with van der Waals surface area (Å²) in [6, 6.07) is 9.57. The highest BCUT2D eigenvalue weighted by atomic mass is 35.5. The fourth-order valence-electron chi connectivity index (χ4n) is 2.86. The van der Waals surface area contributed by atoms with Crippen molar-refractivity contribution in [1.29, 1.82) is 0 Å². The second-order valence-corrected chi connectivity index (χ2v) is 6.02. The molecule has 6 heteroatoms. The zero-order valence-corrected chi connectivity index (χ0v) is 15.2. The average molecular weight is 357 g/mol. The van der Waals surface area contributed by atoms with E-state index in [2.05, 4.69) is 0 Å². The summed E-state index contributed by atoms with van der Waals surface area (Å²) in [6.07, 6.45) is 3.35. The van der Waals surface area contributed by atoms with Crippen molar-refractivity contribution in [3.63, 3.8) is 0 Å². The Labute approximate surface area is 150 Å². The van der Waals surface area contributed by atoms with Crippen molar-refractivity contribution >= 4 is 18.3 Å². The van der Waals surface area contributed by atoms with Gasteiger partial charge < -0.3 is 20.1 Å². The van der Waals surface area contributed by atoms with Crippen LogP contribution in [0.1, 0.15) is 37.3 Å². The number of amides is 1. The van der Waals surface area contributed by atoms with E-state index in [0.29, 0.717) is 6.42 Å². The first-order valence-corrected chi connectivity index (χ1v) is 8.39. The van der Waals surface area contributed by atoms with Gasteiger partial charge in [-0.2, -0.15) is 0 Å². The Morgan fingerprint density at radius 3 is 2.54 bits per heavy atom. The molecule has 136 valence electrons. The van der Waals surface area contributed by atoms with E-state index in [1.165, 1.54) is 0 Å². The van der Waals surface area contributed by atoms with Gasteiger partial charge in [0, 0.05) is 45.9 Å². The van der Waals surface area contributed by atoms with Crippen LogP contribution < -0.4 is 5.73 Å². The third-order valence-electron chi connectivity index (χ3n) is 4.26. The fourth-order valence-corrected chi connectivity index (χ4v) is 2.86. The topological polar surface area (TPSA) is 64.8 Å². The molecule has 1 heterocycles. The molecule has 0 bridgehead atoms. The maximum Gasteiger partial charge on any atom is 0.224 e. The van der Waals surface area contributed by atoms with Gasteiger partial charge in [0.05, 0.1) is 6.10 Å². The predicted molar refractivity (Wildman–Crippen MR) is 97.3 cm³/mol. The van der Waals surface area contributed by atoms with Crippen LogP contribution in [0.15, 0.2) is 30.3 Å². The highest BCUT2D eigenvalue weighted by Gasteiger charge is 2.24. The van der Waals surface area contributed by atoms with Crippen LogP contribution in [0.25, 0.3) is 0 Å². The van der Waals surface area contributed by atoms with Crippen LogP contribution in [-0.2, 0) is 14.3 Å². The molecule has 0 saturated carbocycles. The minimum Gasteiger partial charge on any atom is -0.385 e. The van der Waals surface area contributed by atoms with E-state index in [0.717, 1.165) is 51.1 Å². The van der Waals surface area contributed by atoms with Gasteiger partial charge >= 0.3 is 0 Å². The second-order valence-electron chi connectivity index (χ2n) is 6.02. The normalized spacial score (nSPS) is 16.5. The summed E-state index contributed by atoms with van der Waals surface area (Å²) in [6.45, 7) is 2.98. The molecule has 1 amide bonds. The minimum absolute atomic E-state index is 0. The molecule has 2 rings (SSSR count). The van der Waals surface area contributed by atoms with Gasteiger partial charge in [-0.05, 0) is 24.8 Å². The first kappa shape index (κ1) is 20.9. The van der Waals surface area contributed by atoms with E-state index in [4.69, 9.17) is 15.2 Å². The number of hydrogen-bond donors (Lipinski definition) is 1. The molecule has 0 aromatic heterocycles. The van der Waals surface area contributed by atoms with Crippen LogP contribution in [0.3, 0.4) is 0 Å². The Hall–Kier alpha value is -1.14. The van der Waals surface area contributed by atoms with Gasteiger partial charge in [-0.25, -0.2) is 0 Å². The third kappa shape index (κ3) is 6.77. The lowest BCUT2D eigenvalue weighted by Crippen LogP contribution is -2.41. The number of carbonyl (C=O) groups is 1. The zero-order chi connectivity index (χ0) is 16.5. The van der Waals surface area contributed by atoms with E-state index >= 15 is 0 Å². The van der Waals surface area contributed by atoms with Crippen LogP contribution in [-0.4, -0.2) is 50.3 Å². The van der Waals surface area contributed by atoms with Crippen molar-refractivity contribution < 1.29 is 14.3 Å². The number of benzene rings is 1. The molecule has 1 fully saturated rings. The molecule has 1 aliphatic rings. The maximum absolute atomic E-state index is 12.4. The zero-order valence-electron chi connectivity index (χ0n) is 14.4. The molecule has 1 atom stereocenters. The Bertz CT molecular complexity index is 465. The highest BCUT2D eigenvalue weighted by Crippen LogP contribution is 2.19. The van der Waals surface area contributed by atoms with E-state index in [9.17, 15) is 4.79 Å². The van der Waals surface area contributed by atoms with Gasteiger partial charge in [-0.15, -0.1) is 12.4 Å². The quantitative estimate of drug-likeness (QED) is 0.727. The Morgan fingerprint density at radius 1 is 1.25 bits per heavy atom. The lowest BCUT2D eigenvalue weighted by atomic mass is 10.0. The van der Waals surface area contributed by atoms with Gasteiger partial charge in [0.2, 0.25) is 5.91 Å². The number of ether oxygens (including phenoxy) is 2. The number of hydrogen-bond acceptors (Lipinski definition) is 4. The summed E-state index contributed by atoms with van der Waals surface area (Å²) in [4.78, 5) is 14.3. The molecule has 5 nitrogen and oxygen atoms in total. The standard InChI is InChI=1S/C18H28N2O3.ClH/c1-22-12-5-13-23-16-8-10-20(11-9-16)18(21)14-17(19)15-6-3-2-4-7-15;/h2-4,6-7,16-17H,5,8-14,19H2,1H3;1H. The lowest BCUT2D eigenvalue weighted by Gasteiger charge is -2.32. The second kappa shape index (κ2) is 11.4. The Morgan fingerprint density at radius 2 is 1.92 bits per heavy atom. The van der Waals surface area contributed by atoms with Crippen LogP contribution in [0.2, 0.25) is 0 Å². The van der Waals surface area contributed by atoms with Crippen LogP contribution >= 0.6 is 12.4 Å². The number of nitrogens with zero attached hydrogens (tertiary/aromatic N) is 1. The summed E-state index contributed by atoms with van der Waals surface area (Å²) < 4.78 is 10.8. The minimum atomic E-state index is -0.230. The molecule has 1 aliphatic heterocycles. The van der Waals surface area contributed by atoms with E-state index in [-0.39, 0.29) is 30.5 Å². The number of methoxy groups -OCH3 is 1. The summed E-state index contributed by atoms with van der Waals surface area (Å²) in [5, 5.41) is 0. The number of piperidine rings is 1. The first-order valence-electron chi connectivity index (χ1n) is 8.39. The number of carbonyl (C=O) groups excluding carboxylic acids is 1. The number of nitrogens with two attached hydrogens (primary N) is 1. The molecule has 0 radical (unpaired) electrons. The molecule has 0 spiro atoms. The molecule has 1 saturated heterocycles. The molecular formula is C18H29ClN2O3. The van der Waals surface area contributed by atoms with E-state index < -0.39 is 0 Å². The maximum atomic E-state index is 12.4. The van der Waals surface area contributed by atoms with Gasteiger partial charge in [0.25, 0.3) is 0 Å². The molecular weight excluding hydrogens is 328 g/mol. The number of likely N-dealkylation sites (tertiary alicyclic amines) is 1. The van der Waals surface area contributed by atoms with Crippen molar-refractivity contribution in [3.05, 3.63) is 35.9 Å². The molecule has 0 aliphatic carbocycles. The Balaban J connectivity index is 0.00000288. The van der Waals surface area contributed by atoms with E-state index in [1.807, 2.05) is 35.2 Å². The summed E-state index contributed by atoms with van der Waals surface area (Å²) in [7, 11) is 1.70. The SMILES string of the molecule is COCCCOC1CCN(C(=O)CC(N)c2ccccc2)CC1.Cl. The number of rotatable bonds is 8. The van der Waals surface area contributed by atoms with E-state index in [1.54, 1.807) is 7.11 Å². The summed E-state index contributed by atoms with van der Waals surface area (Å²) in [5.41, 5.74) is 7.15. The Kier molecular flexibility index (Phi) is 9.95. The van der Waals surface area contributed by atoms with Crippen LogP contribution in [0.5, 0.6) is 0 Å². The van der Waals surface area contributed by atoms with Gasteiger partial charge in [0.15, 0.2) is 0 Å². The van der Waals surface area contributed by atoms with Crippen molar-refractivity contribution in [2.24, 2.45) is 5.73 Å². The monoisotopic (exact) mass is 356 g/mol. The predicted octanol–water partition coefficient (Wildman–Crippen LogP) is 2.54. The molecule has 24 heavy (non-hydrogen) atoms. The fraction of sp³-hybridized carbons (Fsp3) is 0.611. The van der Waals surface area contributed by atoms with Crippen molar-refractivity contribution in [3.8, 4) is 0 Å². The largest absolute Gasteiger partial charge is 0.385 e. The van der Waals surface area contributed by atoms with Gasteiger partial charge in [-0.3, -0.25) is 4.79 Å². The lowest BCUT2D eigenvalue weighted by molar-refractivity contribution is -0.134. The smallest absolute Gasteiger partial charge is 0.224 e. The average Bonchev–Trinajstić information content (AvgIpc) is 2.60. The van der Waals surface area contributed by atoms with Crippen LogP contribution in [0, 0.1) is 0 Å². The summed E-state index contributed by atoms with van der Waals surface area (Å²) >= 11 is 0. The molecule has 1 aromatic carbocycles. The summed E-state index contributed by atoms with van der Waals surface area (Å²) in [5.74, 6) is 0.138. The van der Waals surface area contributed by atoms with Crippen molar-refractivity contribution in [2.45, 2.75) is 37.8 Å². The highest BCUT2D eigenvalue weighted by molar-refractivity contribution is 5.85. The van der Waals surface area contributed by atoms with Gasteiger partial charge in [0.1, 0.15) is 0 Å². The van der Waals surface area contributed by atoms with Crippen molar-refractivity contribution in [1.82, 2.24) is 4.90 Å². The molecule has 1 unspecified atom stereocenters. The van der Waals surface area contributed by atoms with Gasteiger partial charge in [-0.1, -0.05) is 30.3 Å². The molecule has 1 aromatic rings. The van der Waals surface area contributed by atoms with Crippen molar-refractivity contribution in [2.75, 3.05) is 33.4 Å². The number of halogens is 1. The third-order valence-corrected chi connectivity index (χ3v) is 4.26.